The summed E-state index contributed by atoms with van der Waals surface area (Å²) in [5.41, 5.74) is 9.38. The van der Waals surface area contributed by atoms with E-state index in [1.165, 1.54) is 42.1 Å². The monoisotopic (exact) mass is 319 g/mol. The molecule has 0 spiro atoms. The van der Waals surface area contributed by atoms with Gasteiger partial charge in [0.25, 0.3) is 0 Å². The Morgan fingerprint density at radius 2 is 2.00 bits per heavy atom. The lowest BCUT2D eigenvalue weighted by atomic mass is 9.84. The fraction of sp³-hybridized carbons (Fsp3) is 0.400. The number of anilines is 1. The molecule has 1 aliphatic rings. The number of nitrogens with two attached hydrogens (primary N) is 1. The number of nitrogens with zero attached hydrogens (tertiary/aromatic N) is 1. The average molecular weight is 320 g/mol. The zero-order chi connectivity index (χ0) is 13.2. The third kappa shape index (κ3) is 2.54. The summed E-state index contributed by atoms with van der Waals surface area (Å²) in [5, 5.41) is 6.75. The maximum absolute atomic E-state index is 5.87. The van der Waals surface area contributed by atoms with Crippen molar-refractivity contribution in [1.82, 2.24) is 10.2 Å². The van der Waals surface area contributed by atoms with Gasteiger partial charge in [0.05, 0.1) is 6.20 Å². The van der Waals surface area contributed by atoms with Gasteiger partial charge in [-0.05, 0) is 36.0 Å². The minimum absolute atomic E-state index is 0.623. The third-order valence-corrected chi connectivity index (χ3v) is 4.71. The summed E-state index contributed by atoms with van der Waals surface area (Å²) in [4.78, 5) is 0. The van der Waals surface area contributed by atoms with Crippen LogP contribution in [0.3, 0.4) is 0 Å². The van der Waals surface area contributed by atoms with Crippen molar-refractivity contribution in [2.45, 2.75) is 38.0 Å². The number of aromatic amines is 1. The van der Waals surface area contributed by atoms with Crippen LogP contribution in [0, 0.1) is 0 Å². The molecule has 0 aliphatic heterocycles. The summed E-state index contributed by atoms with van der Waals surface area (Å²) < 4.78 is 1.19. The zero-order valence-corrected chi connectivity index (χ0v) is 12.4. The molecule has 0 amide bonds. The van der Waals surface area contributed by atoms with Crippen molar-refractivity contribution in [1.29, 1.82) is 0 Å². The van der Waals surface area contributed by atoms with Crippen molar-refractivity contribution in [2.75, 3.05) is 5.73 Å². The summed E-state index contributed by atoms with van der Waals surface area (Å²) in [6.45, 7) is 0. The third-order valence-electron chi connectivity index (χ3n) is 4.03. The summed E-state index contributed by atoms with van der Waals surface area (Å²) in [6, 6.07) is 6.54. The number of halogens is 1. The highest BCUT2D eigenvalue weighted by Crippen LogP contribution is 2.38. The molecule has 1 saturated carbocycles. The highest BCUT2D eigenvalue weighted by Gasteiger charge is 2.18. The van der Waals surface area contributed by atoms with Crippen molar-refractivity contribution in [2.24, 2.45) is 0 Å². The number of benzene rings is 1. The fourth-order valence-corrected chi connectivity index (χ4v) is 3.67. The van der Waals surface area contributed by atoms with E-state index in [0.717, 1.165) is 11.1 Å². The van der Waals surface area contributed by atoms with Gasteiger partial charge < -0.3 is 5.73 Å². The van der Waals surface area contributed by atoms with Crippen molar-refractivity contribution in [3.63, 3.8) is 0 Å². The minimum Gasteiger partial charge on any atom is -0.384 e. The minimum atomic E-state index is 0.623. The topological polar surface area (TPSA) is 54.7 Å². The molecule has 100 valence electrons. The van der Waals surface area contributed by atoms with Crippen LogP contribution in [0.1, 0.15) is 43.6 Å². The molecule has 1 heterocycles. The smallest absolute Gasteiger partial charge is 0.126 e. The summed E-state index contributed by atoms with van der Waals surface area (Å²) in [5.74, 6) is 1.33. The Labute approximate surface area is 121 Å². The van der Waals surface area contributed by atoms with E-state index < -0.39 is 0 Å². The van der Waals surface area contributed by atoms with Gasteiger partial charge in [-0.25, -0.2) is 0 Å². The van der Waals surface area contributed by atoms with E-state index in [2.05, 4.69) is 44.3 Å². The lowest BCUT2D eigenvalue weighted by molar-refractivity contribution is 0.442. The van der Waals surface area contributed by atoms with Crippen LogP contribution in [0.25, 0.3) is 11.1 Å². The quantitative estimate of drug-likeness (QED) is 0.858. The van der Waals surface area contributed by atoms with Crippen LogP contribution in [0.5, 0.6) is 0 Å². The number of nitrogen functional groups attached to an aromatic ring is 1. The Bertz CT molecular complexity index is 571. The second-order valence-corrected chi connectivity index (χ2v) is 6.12. The van der Waals surface area contributed by atoms with Gasteiger partial charge in [-0.2, -0.15) is 5.10 Å². The van der Waals surface area contributed by atoms with Gasteiger partial charge in [0.15, 0.2) is 0 Å². The number of H-pyrrole nitrogens is 1. The first-order valence-corrected chi connectivity index (χ1v) is 7.63. The summed E-state index contributed by atoms with van der Waals surface area (Å²) >= 11 is 3.72. The first-order valence-electron chi connectivity index (χ1n) is 6.84. The molecule has 3 nitrogen and oxygen atoms in total. The molecule has 3 rings (SSSR count). The SMILES string of the molecule is Nc1[nH]ncc1-c1ccc(C2CCCCC2)c(Br)c1. The van der Waals surface area contributed by atoms with Crippen molar-refractivity contribution >= 4 is 21.7 Å². The molecule has 1 fully saturated rings. The van der Waals surface area contributed by atoms with Gasteiger partial charge in [0.2, 0.25) is 0 Å². The highest BCUT2D eigenvalue weighted by atomic mass is 79.9. The highest BCUT2D eigenvalue weighted by molar-refractivity contribution is 9.10. The standard InChI is InChI=1S/C15H18BrN3/c16-14-8-11(13-9-18-19-15(13)17)6-7-12(14)10-4-2-1-3-5-10/h6-10H,1-5H2,(H3,17,18,19). The van der Waals surface area contributed by atoms with E-state index in [1.54, 1.807) is 6.20 Å². The van der Waals surface area contributed by atoms with Gasteiger partial charge in [-0.3, -0.25) is 5.10 Å². The number of hydrogen-bond acceptors (Lipinski definition) is 2. The Hall–Kier alpha value is -1.29. The number of aromatic nitrogens is 2. The molecule has 3 N–H and O–H groups in total. The van der Waals surface area contributed by atoms with Crippen LogP contribution < -0.4 is 5.73 Å². The molecule has 0 saturated heterocycles. The summed E-state index contributed by atoms with van der Waals surface area (Å²) in [6.07, 6.45) is 8.49. The van der Waals surface area contributed by atoms with Gasteiger partial charge in [-0.1, -0.05) is 47.3 Å². The van der Waals surface area contributed by atoms with Gasteiger partial charge in [0, 0.05) is 10.0 Å². The van der Waals surface area contributed by atoms with E-state index in [0.29, 0.717) is 11.7 Å². The molecule has 1 aliphatic carbocycles. The van der Waals surface area contributed by atoms with E-state index in [9.17, 15) is 0 Å². The van der Waals surface area contributed by atoms with Gasteiger partial charge in [-0.15, -0.1) is 0 Å². The predicted octanol–water partition coefficient (Wildman–Crippen LogP) is 4.47. The van der Waals surface area contributed by atoms with Crippen LogP contribution >= 0.6 is 15.9 Å². The lowest BCUT2D eigenvalue weighted by Gasteiger charge is -2.23. The number of nitrogens with one attached hydrogen (secondary N) is 1. The molecule has 4 heteroatoms. The van der Waals surface area contributed by atoms with E-state index in [1.807, 2.05) is 0 Å². The Kier molecular flexibility index (Phi) is 3.60. The second-order valence-electron chi connectivity index (χ2n) is 5.27. The molecule has 0 unspecified atom stereocenters. The molecular weight excluding hydrogens is 302 g/mol. The van der Waals surface area contributed by atoms with Crippen LogP contribution in [-0.2, 0) is 0 Å². The fourth-order valence-electron chi connectivity index (χ4n) is 2.97. The molecular formula is C15H18BrN3. The normalized spacial score (nSPS) is 16.7. The molecule has 0 atom stereocenters. The Morgan fingerprint density at radius 3 is 2.63 bits per heavy atom. The number of rotatable bonds is 2. The zero-order valence-electron chi connectivity index (χ0n) is 10.8. The number of hydrogen-bond donors (Lipinski definition) is 2. The first kappa shape index (κ1) is 12.7. The molecule has 19 heavy (non-hydrogen) atoms. The second kappa shape index (κ2) is 5.37. The largest absolute Gasteiger partial charge is 0.384 e. The van der Waals surface area contributed by atoms with Crippen molar-refractivity contribution in [3.05, 3.63) is 34.4 Å². The molecule has 0 bridgehead atoms. The molecule has 0 radical (unpaired) electrons. The average Bonchev–Trinajstić information content (AvgIpc) is 2.86. The first-order chi connectivity index (χ1) is 9.25. The van der Waals surface area contributed by atoms with E-state index >= 15 is 0 Å². The van der Waals surface area contributed by atoms with Gasteiger partial charge in [0.1, 0.15) is 5.82 Å². The van der Waals surface area contributed by atoms with Crippen molar-refractivity contribution < 1.29 is 0 Å². The van der Waals surface area contributed by atoms with Crippen LogP contribution in [-0.4, -0.2) is 10.2 Å². The van der Waals surface area contributed by atoms with Gasteiger partial charge >= 0.3 is 0 Å². The van der Waals surface area contributed by atoms with Crippen LogP contribution in [0.2, 0.25) is 0 Å². The molecule has 2 aromatic rings. The van der Waals surface area contributed by atoms with E-state index in [4.69, 9.17) is 5.73 Å². The Balaban J connectivity index is 1.91. The maximum Gasteiger partial charge on any atom is 0.126 e. The molecule has 1 aromatic carbocycles. The molecule has 1 aromatic heterocycles. The predicted molar refractivity (Wildman–Crippen MR) is 82.0 cm³/mol. The van der Waals surface area contributed by atoms with Crippen molar-refractivity contribution in [3.8, 4) is 11.1 Å². The van der Waals surface area contributed by atoms with Crippen LogP contribution in [0.4, 0.5) is 5.82 Å². The maximum atomic E-state index is 5.87. The van der Waals surface area contributed by atoms with Crippen LogP contribution in [0.15, 0.2) is 28.9 Å². The summed E-state index contributed by atoms with van der Waals surface area (Å²) in [7, 11) is 0. The Morgan fingerprint density at radius 1 is 1.21 bits per heavy atom. The van der Waals surface area contributed by atoms with E-state index in [-0.39, 0.29) is 0 Å². The lowest BCUT2D eigenvalue weighted by Crippen LogP contribution is -2.05.